The Bertz CT molecular complexity index is 794. The van der Waals surface area contributed by atoms with Crippen molar-refractivity contribution in [3.63, 3.8) is 0 Å². The summed E-state index contributed by atoms with van der Waals surface area (Å²) in [6.07, 6.45) is 0.991. The zero-order valence-electron chi connectivity index (χ0n) is 16.7. The van der Waals surface area contributed by atoms with Crippen LogP contribution in [0.25, 0.3) is 0 Å². The number of benzene rings is 2. The maximum absolute atomic E-state index is 14.4. The Kier molecular flexibility index (Phi) is 7.04. The molecule has 1 aliphatic heterocycles. The number of fused-ring (bicyclic) bond motifs is 1. The van der Waals surface area contributed by atoms with Crippen molar-refractivity contribution in [2.24, 2.45) is 5.92 Å². The molecular weight excluding hydrogens is 355 g/mol. The Morgan fingerprint density at radius 2 is 1.96 bits per heavy atom. The number of nitrogens with one attached hydrogen (secondary N) is 1. The molecule has 1 atom stereocenters. The van der Waals surface area contributed by atoms with E-state index in [1.165, 1.54) is 6.07 Å². The van der Waals surface area contributed by atoms with Crippen molar-refractivity contribution in [1.82, 2.24) is 10.2 Å². The molecule has 28 heavy (non-hydrogen) atoms. The topological polar surface area (TPSA) is 41.6 Å². The minimum atomic E-state index is -0.408. The van der Waals surface area contributed by atoms with Crippen molar-refractivity contribution in [3.8, 4) is 5.75 Å². The van der Waals surface area contributed by atoms with Crippen molar-refractivity contribution >= 4 is 5.91 Å². The summed E-state index contributed by atoms with van der Waals surface area (Å²) in [4.78, 5) is 14.3. The molecule has 150 valence electrons. The van der Waals surface area contributed by atoms with Gasteiger partial charge in [-0.2, -0.15) is 0 Å². The van der Waals surface area contributed by atoms with Gasteiger partial charge >= 0.3 is 0 Å². The van der Waals surface area contributed by atoms with Gasteiger partial charge in [0.2, 0.25) is 5.91 Å². The third-order valence-corrected chi connectivity index (χ3v) is 5.01. The maximum Gasteiger partial charge on any atom is 0.221 e. The van der Waals surface area contributed by atoms with E-state index in [1.807, 2.05) is 30.3 Å². The van der Waals surface area contributed by atoms with E-state index in [2.05, 4.69) is 24.1 Å². The zero-order chi connectivity index (χ0) is 19.9. The number of hydrogen-bond donors (Lipinski definition) is 1. The van der Waals surface area contributed by atoms with E-state index in [1.54, 1.807) is 12.1 Å². The van der Waals surface area contributed by atoms with Crippen LogP contribution in [0.2, 0.25) is 0 Å². The van der Waals surface area contributed by atoms with Gasteiger partial charge in [0, 0.05) is 43.7 Å². The summed E-state index contributed by atoms with van der Waals surface area (Å²) in [5, 5.41) is 2.98. The fraction of sp³-hybridized carbons (Fsp3) is 0.435. The monoisotopic (exact) mass is 384 g/mol. The van der Waals surface area contributed by atoms with Gasteiger partial charge < -0.3 is 10.1 Å². The highest BCUT2D eigenvalue weighted by molar-refractivity contribution is 5.76. The highest BCUT2D eigenvalue weighted by Gasteiger charge is 2.26. The predicted molar refractivity (Wildman–Crippen MR) is 109 cm³/mol. The molecule has 0 fully saturated rings. The lowest BCUT2D eigenvalue weighted by Gasteiger charge is -2.24. The van der Waals surface area contributed by atoms with Gasteiger partial charge in [0.1, 0.15) is 17.7 Å². The molecule has 0 aromatic heterocycles. The molecule has 0 bridgehead atoms. The molecule has 1 amide bonds. The lowest BCUT2D eigenvalue weighted by molar-refractivity contribution is -0.121. The maximum atomic E-state index is 14.4. The van der Waals surface area contributed by atoms with E-state index >= 15 is 0 Å². The second-order valence-corrected chi connectivity index (χ2v) is 7.75. The van der Waals surface area contributed by atoms with Crippen LogP contribution in [0.15, 0.2) is 48.5 Å². The second kappa shape index (κ2) is 9.69. The fourth-order valence-corrected chi connectivity index (χ4v) is 3.40. The first-order valence-electron chi connectivity index (χ1n) is 10.0. The number of nitrogens with zero attached hydrogens (tertiary/aromatic N) is 1. The van der Waals surface area contributed by atoms with Gasteiger partial charge in [-0.05, 0) is 24.5 Å². The number of carbonyl (C=O) groups is 1. The zero-order valence-corrected chi connectivity index (χ0v) is 16.7. The van der Waals surface area contributed by atoms with Gasteiger partial charge in [0.05, 0.1) is 0 Å². The SMILES string of the molecule is CC(C)CCNC(=O)CCN1Cc2ccccc2O[C@@H](c2ccccc2F)C1. The Labute approximate surface area is 166 Å². The van der Waals surface area contributed by atoms with Gasteiger partial charge in [0.15, 0.2) is 0 Å². The van der Waals surface area contributed by atoms with Crippen LogP contribution in [0.4, 0.5) is 4.39 Å². The number of carbonyl (C=O) groups excluding carboxylic acids is 1. The Balaban J connectivity index is 1.69. The molecule has 1 heterocycles. The van der Waals surface area contributed by atoms with Crippen LogP contribution in [0.5, 0.6) is 5.75 Å². The molecule has 5 heteroatoms. The van der Waals surface area contributed by atoms with Crippen LogP contribution < -0.4 is 10.1 Å². The summed E-state index contributed by atoms with van der Waals surface area (Å²) in [5.41, 5.74) is 1.60. The second-order valence-electron chi connectivity index (χ2n) is 7.75. The normalized spacial score (nSPS) is 16.9. The van der Waals surface area contributed by atoms with E-state index in [9.17, 15) is 9.18 Å². The molecule has 0 saturated heterocycles. The van der Waals surface area contributed by atoms with E-state index in [0.717, 1.165) is 17.7 Å². The minimum absolute atomic E-state index is 0.0570. The van der Waals surface area contributed by atoms with Gasteiger partial charge in [-0.3, -0.25) is 9.69 Å². The van der Waals surface area contributed by atoms with Crippen LogP contribution in [-0.2, 0) is 11.3 Å². The van der Waals surface area contributed by atoms with Crippen molar-refractivity contribution in [2.45, 2.75) is 39.3 Å². The molecule has 0 aliphatic carbocycles. The van der Waals surface area contributed by atoms with Gasteiger partial charge in [-0.25, -0.2) is 4.39 Å². The van der Waals surface area contributed by atoms with E-state index in [0.29, 0.717) is 44.1 Å². The number of amides is 1. The Hall–Kier alpha value is -2.40. The number of ether oxygens (including phenoxy) is 1. The summed E-state index contributed by atoms with van der Waals surface area (Å²) in [7, 11) is 0. The Morgan fingerprint density at radius 3 is 2.75 bits per heavy atom. The lowest BCUT2D eigenvalue weighted by Crippen LogP contribution is -2.33. The van der Waals surface area contributed by atoms with Gasteiger partial charge in [0.25, 0.3) is 0 Å². The smallest absolute Gasteiger partial charge is 0.221 e. The van der Waals surface area contributed by atoms with Crippen LogP contribution in [0.1, 0.15) is 43.9 Å². The minimum Gasteiger partial charge on any atom is -0.484 e. The quantitative estimate of drug-likeness (QED) is 0.773. The molecule has 3 rings (SSSR count). The summed E-state index contributed by atoms with van der Waals surface area (Å²) in [6.45, 7) is 6.82. The highest BCUT2D eigenvalue weighted by atomic mass is 19.1. The third-order valence-electron chi connectivity index (χ3n) is 5.01. The van der Waals surface area contributed by atoms with Crippen LogP contribution in [0, 0.1) is 11.7 Å². The van der Waals surface area contributed by atoms with E-state index < -0.39 is 6.10 Å². The van der Waals surface area contributed by atoms with Gasteiger partial charge in [-0.15, -0.1) is 0 Å². The van der Waals surface area contributed by atoms with Crippen LogP contribution >= 0.6 is 0 Å². The highest BCUT2D eigenvalue weighted by Crippen LogP contribution is 2.32. The first-order chi connectivity index (χ1) is 13.5. The molecule has 1 N–H and O–H groups in total. The molecule has 0 radical (unpaired) electrons. The molecule has 2 aromatic rings. The van der Waals surface area contributed by atoms with Crippen molar-refractivity contribution in [3.05, 3.63) is 65.5 Å². The summed E-state index contributed by atoms with van der Waals surface area (Å²) in [5.74, 6) is 1.14. The third kappa shape index (κ3) is 5.55. The standard InChI is InChI=1S/C23H29FN2O2/c1-17(2)11-13-25-23(27)12-14-26-15-18-7-3-6-10-21(18)28-22(16-26)19-8-4-5-9-20(19)24/h3-10,17,22H,11-16H2,1-2H3,(H,25,27)/t22-/m1/s1. The van der Waals surface area contributed by atoms with Gasteiger partial charge in [-0.1, -0.05) is 50.2 Å². The number of rotatable bonds is 7. The van der Waals surface area contributed by atoms with Crippen molar-refractivity contribution in [2.75, 3.05) is 19.6 Å². The molecule has 1 aliphatic rings. The summed E-state index contributed by atoms with van der Waals surface area (Å²) in [6, 6.07) is 14.6. The van der Waals surface area contributed by atoms with Crippen molar-refractivity contribution < 1.29 is 13.9 Å². The van der Waals surface area contributed by atoms with E-state index in [4.69, 9.17) is 4.74 Å². The van der Waals surface area contributed by atoms with E-state index in [-0.39, 0.29) is 11.7 Å². The molecule has 0 saturated carbocycles. The number of para-hydroxylation sites is 1. The molecule has 0 unspecified atom stereocenters. The lowest BCUT2D eigenvalue weighted by atomic mass is 10.1. The number of halogens is 1. The average Bonchev–Trinajstić information content (AvgIpc) is 2.85. The predicted octanol–water partition coefficient (Wildman–Crippen LogP) is 4.31. The largest absolute Gasteiger partial charge is 0.484 e. The molecule has 2 aromatic carbocycles. The van der Waals surface area contributed by atoms with Crippen molar-refractivity contribution in [1.29, 1.82) is 0 Å². The fourth-order valence-electron chi connectivity index (χ4n) is 3.40. The first kappa shape index (κ1) is 20.3. The number of hydrogen-bond acceptors (Lipinski definition) is 3. The molecular formula is C23H29FN2O2. The molecule has 0 spiro atoms. The Morgan fingerprint density at radius 1 is 1.21 bits per heavy atom. The molecule has 4 nitrogen and oxygen atoms in total. The average molecular weight is 384 g/mol. The first-order valence-corrected chi connectivity index (χ1v) is 10.0. The van der Waals surface area contributed by atoms with Crippen LogP contribution in [-0.4, -0.2) is 30.4 Å². The summed E-state index contributed by atoms with van der Waals surface area (Å²) < 4.78 is 20.5. The van der Waals surface area contributed by atoms with Crippen LogP contribution in [0.3, 0.4) is 0 Å². The summed E-state index contributed by atoms with van der Waals surface area (Å²) >= 11 is 0.